The van der Waals surface area contributed by atoms with Gasteiger partial charge in [-0.3, -0.25) is 9.59 Å². The van der Waals surface area contributed by atoms with Crippen molar-refractivity contribution in [1.82, 2.24) is 25.1 Å². The van der Waals surface area contributed by atoms with E-state index in [-0.39, 0.29) is 17.9 Å². The Bertz CT molecular complexity index is 1110. The summed E-state index contributed by atoms with van der Waals surface area (Å²) in [5.41, 5.74) is 4.29. The summed E-state index contributed by atoms with van der Waals surface area (Å²) in [6, 6.07) is 4.77. The van der Waals surface area contributed by atoms with Crippen molar-refractivity contribution in [3.8, 4) is 0 Å². The molecule has 4 heterocycles. The van der Waals surface area contributed by atoms with Crippen molar-refractivity contribution in [3.05, 3.63) is 68.1 Å². The summed E-state index contributed by atoms with van der Waals surface area (Å²) in [5, 5.41) is 11.4. The smallest absolute Gasteiger partial charge is 0.254 e. The van der Waals surface area contributed by atoms with Crippen molar-refractivity contribution in [2.45, 2.75) is 65.1 Å². The van der Waals surface area contributed by atoms with Crippen LogP contribution in [0.4, 0.5) is 0 Å². The van der Waals surface area contributed by atoms with Crippen LogP contribution in [0.2, 0.25) is 0 Å². The number of aryl methyl sites for hydroxylation is 2. The highest BCUT2D eigenvalue weighted by atomic mass is 32.1. The number of carbonyl (C=O) groups excluding carboxylic acids is 2. The number of nitrogens with one attached hydrogen (secondary N) is 1. The van der Waals surface area contributed by atoms with Crippen molar-refractivity contribution in [2.75, 3.05) is 19.6 Å². The number of thiophene rings is 2. The number of amides is 2. The predicted molar refractivity (Wildman–Crippen MR) is 145 cm³/mol. The first kappa shape index (κ1) is 26.4. The van der Waals surface area contributed by atoms with Gasteiger partial charge in [-0.05, 0) is 84.8 Å². The third kappa shape index (κ3) is 6.78. The number of likely N-dealkylation sites (tertiary alicyclic amines) is 1. The Balaban J connectivity index is 1.28. The summed E-state index contributed by atoms with van der Waals surface area (Å²) >= 11 is 3.32. The Kier molecular flexibility index (Phi) is 9.23. The molecule has 0 saturated carbocycles. The van der Waals surface area contributed by atoms with E-state index in [0.29, 0.717) is 42.5 Å². The van der Waals surface area contributed by atoms with Crippen LogP contribution in [0.5, 0.6) is 0 Å². The molecular weight excluding hydrogens is 490 g/mol. The lowest BCUT2D eigenvalue weighted by molar-refractivity contribution is -0.134. The molecule has 7 nitrogen and oxygen atoms in total. The van der Waals surface area contributed by atoms with Crippen LogP contribution >= 0.6 is 22.7 Å². The maximum Gasteiger partial charge on any atom is 0.254 e. The quantitative estimate of drug-likeness (QED) is 0.423. The zero-order valence-electron chi connectivity index (χ0n) is 21.3. The summed E-state index contributed by atoms with van der Waals surface area (Å²) in [6.07, 6.45) is 4.77. The number of aromatic nitrogens is 2. The van der Waals surface area contributed by atoms with E-state index >= 15 is 0 Å². The van der Waals surface area contributed by atoms with E-state index < -0.39 is 0 Å². The Morgan fingerprint density at radius 2 is 1.72 bits per heavy atom. The molecule has 2 amide bonds. The Morgan fingerprint density at radius 3 is 2.33 bits per heavy atom. The van der Waals surface area contributed by atoms with Gasteiger partial charge in [-0.25, -0.2) is 9.97 Å². The van der Waals surface area contributed by atoms with Crippen molar-refractivity contribution in [2.24, 2.45) is 0 Å². The standard InChI is InChI=1S/C27H35N5O2S2/c1-19(4-9-28-27(34)26-20(2)29-18-30-21(26)3)31-10-5-24(6-11-31)32(15-23-8-13-36-17-23)25(33)14-22-7-12-35-16-22/h7-8,12-13,16-19,24H,4-6,9-11,14-15H2,1-3H3,(H,28,34). The number of carbonyl (C=O) groups is 2. The molecule has 0 bridgehead atoms. The molecule has 3 aromatic heterocycles. The largest absolute Gasteiger partial charge is 0.352 e. The molecule has 0 spiro atoms. The van der Waals surface area contributed by atoms with Gasteiger partial charge in [-0.1, -0.05) is 0 Å². The second-order valence-corrected chi connectivity index (χ2v) is 11.1. The first-order chi connectivity index (χ1) is 17.4. The average molecular weight is 526 g/mol. The van der Waals surface area contributed by atoms with Crippen LogP contribution in [0.15, 0.2) is 40.0 Å². The highest BCUT2D eigenvalue weighted by molar-refractivity contribution is 7.08. The second-order valence-electron chi connectivity index (χ2n) is 9.54. The van der Waals surface area contributed by atoms with E-state index in [0.717, 1.165) is 37.9 Å². The minimum atomic E-state index is -0.107. The van der Waals surface area contributed by atoms with Crippen molar-refractivity contribution in [3.63, 3.8) is 0 Å². The molecule has 0 aliphatic carbocycles. The van der Waals surface area contributed by atoms with Gasteiger partial charge in [0.2, 0.25) is 5.91 Å². The minimum Gasteiger partial charge on any atom is -0.352 e. The van der Waals surface area contributed by atoms with Crippen LogP contribution in [0.1, 0.15) is 59.1 Å². The number of rotatable bonds is 10. The van der Waals surface area contributed by atoms with E-state index in [1.54, 1.807) is 22.7 Å². The molecule has 0 aromatic carbocycles. The number of nitrogens with zero attached hydrogens (tertiary/aromatic N) is 4. The van der Waals surface area contributed by atoms with E-state index in [9.17, 15) is 9.59 Å². The zero-order valence-corrected chi connectivity index (χ0v) is 22.9. The lowest BCUT2D eigenvalue weighted by Crippen LogP contribution is -2.49. The summed E-state index contributed by atoms with van der Waals surface area (Å²) < 4.78 is 0. The van der Waals surface area contributed by atoms with Crippen molar-refractivity contribution >= 4 is 34.5 Å². The van der Waals surface area contributed by atoms with E-state index in [1.807, 2.05) is 25.3 Å². The van der Waals surface area contributed by atoms with Crippen LogP contribution in [-0.4, -0.2) is 63.3 Å². The molecule has 1 atom stereocenters. The first-order valence-corrected chi connectivity index (χ1v) is 14.4. The number of piperidine rings is 1. The van der Waals surface area contributed by atoms with E-state index in [2.05, 4.69) is 54.2 Å². The van der Waals surface area contributed by atoms with Crippen LogP contribution in [0, 0.1) is 13.8 Å². The van der Waals surface area contributed by atoms with Gasteiger partial charge in [0.25, 0.3) is 5.91 Å². The lowest BCUT2D eigenvalue weighted by atomic mass is 9.99. The maximum atomic E-state index is 13.3. The van der Waals surface area contributed by atoms with Crippen LogP contribution in [0.25, 0.3) is 0 Å². The Morgan fingerprint density at radius 1 is 1.08 bits per heavy atom. The zero-order chi connectivity index (χ0) is 25.5. The van der Waals surface area contributed by atoms with Crippen LogP contribution < -0.4 is 5.32 Å². The van der Waals surface area contributed by atoms with Gasteiger partial charge >= 0.3 is 0 Å². The van der Waals surface area contributed by atoms with Gasteiger partial charge in [-0.15, -0.1) is 0 Å². The number of hydrogen-bond donors (Lipinski definition) is 1. The van der Waals surface area contributed by atoms with Crippen molar-refractivity contribution < 1.29 is 9.59 Å². The third-order valence-corrected chi connectivity index (χ3v) is 8.52. The Labute approximate surface area is 221 Å². The van der Waals surface area contributed by atoms with Gasteiger partial charge in [0.05, 0.1) is 23.4 Å². The maximum absolute atomic E-state index is 13.3. The highest BCUT2D eigenvalue weighted by Crippen LogP contribution is 2.23. The molecule has 0 radical (unpaired) electrons. The van der Waals surface area contributed by atoms with Gasteiger partial charge in [-0.2, -0.15) is 22.7 Å². The number of hydrogen-bond acceptors (Lipinski definition) is 7. The second kappa shape index (κ2) is 12.6. The highest BCUT2D eigenvalue weighted by Gasteiger charge is 2.30. The summed E-state index contributed by atoms with van der Waals surface area (Å²) in [4.78, 5) is 38.8. The lowest BCUT2D eigenvalue weighted by Gasteiger charge is -2.41. The molecule has 1 unspecified atom stereocenters. The molecule has 1 saturated heterocycles. The molecular formula is C27H35N5O2S2. The fraction of sp³-hybridized carbons (Fsp3) is 0.481. The average Bonchev–Trinajstić information content (AvgIpc) is 3.57. The molecule has 9 heteroatoms. The predicted octanol–water partition coefficient (Wildman–Crippen LogP) is 4.46. The summed E-state index contributed by atoms with van der Waals surface area (Å²) in [7, 11) is 0. The van der Waals surface area contributed by atoms with E-state index in [1.165, 1.54) is 11.9 Å². The SMILES string of the molecule is Cc1ncnc(C)c1C(=O)NCCC(C)N1CCC(N(Cc2ccsc2)C(=O)Cc2ccsc2)CC1. The first-order valence-electron chi connectivity index (χ1n) is 12.5. The molecule has 192 valence electrons. The molecule has 1 N–H and O–H groups in total. The normalized spacial score (nSPS) is 15.5. The van der Waals surface area contributed by atoms with Gasteiger partial charge in [0.1, 0.15) is 6.33 Å². The topological polar surface area (TPSA) is 78.4 Å². The molecule has 4 rings (SSSR count). The molecule has 1 aliphatic rings. The van der Waals surface area contributed by atoms with Gasteiger partial charge in [0.15, 0.2) is 0 Å². The fourth-order valence-corrected chi connectivity index (χ4v) is 6.22. The third-order valence-electron chi connectivity index (χ3n) is 7.05. The summed E-state index contributed by atoms with van der Waals surface area (Å²) in [5.74, 6) is 0.106. The molecule has 1 aliphatic heterocycles. The van der Waals surface area contributed by atoms with Crippen LogP contribution in [0.3, 0.4) is 0 Å². The molecule has 1 fully saturated rings. The van der Waals surface area contributed by atoms with Gasteiger partial charge < -0.3 is 15.1 Å². The fourth-order valence-electron chi connectivity index (χ4n) is 4.90. The molecule has 36 heavy (non-hydrogen) atoms. The van der Waals surface area contributed by atoms with Crippen molar-refractivity contribution in [1.29, 1.82) is 0 Å². The van der Waals surface area contributed by atoms with E-state index in [4.69, 9.17) is 0 Å². The Hall–Kier alpha value is -2.62. The minimum absolute atomic E-state index is 0.107. The summed E-state index contributed by atoms with van der Waals surface area (Å²) in [6.45, 7) is 9.09. The monoisotopic (exact) mass is 525 g/mol. The molecule has 3 aromatic rings. The van der Waals surface area contributed by atoms with Gasteiger partial charge in [0, 0.05) is 38.3 Å². The van der Waals surface area contributed by atoms with Crippen LogP contribution in [-0.2, 0) is 17.8 Å².